The Hall–Kier alpha value is -1.10. The van der Waals surface area contributed by atoms with E-state index in [1.54, 1.807) is 7.11 Å². The SMILES string of the molecule is COc1ccc(C(O)CNN(C)C)cc1. The van der Waals surface area contributed by atoms with Gasteiger partial charge in [-0.3, -0.25) is 10.4 Å². The minimum Gasteiger partial charge on any atom is -0.497 e. The zero-order chi connectivity index (χ0) is 11.3. The molecule has 0 spiro atoms. The Morgan fingerprint density at radius 1 is 1.33 bits per heavy atom. The summed E-state index contributed by atoms with van der Waals surface area (Å²) in [6.07, 6.45) is -0.502. The van der Waals surface area contributed by atoms with Crippen LogP contribution in [0.15, 0.2) is 24.3 Å². The lowest BCUT2D eigenvalue weighted by molar-refractivity contribution is 0.141. The van der Waals surface area contributed by atoms with Gasteiger partial charge in [0.25, 0.3) is 0 Å². The number of aliphatic hydroxyl groups is 1. The van der Waals surface area contributed by atoms with Crippen molar-refractivity contribution < 1.29 is 9.84 Å². The molecule has 1 unspecified atom stereocenters. The van der Waals surface area contributed by atoms with Crippen LogP contribution in [0.25, 0.3) is 0 Å². The van der Waals surface area contributed by atoms with Crippen LogP contribution >= 0.6 is 0 Å². The Labute approximate surface area is 90.4 Å². The third-order valence-corrected chi connectivity index (χ3v) is 2.10. The van der Waals surface area contributed by atoms with Crippen molar-refractivity contribution >= 4 is 0 Å². The van der Waals surface area contributed by atoms with Gasteiger partial charge in [0, 0.05) is 20.6 Å². The van der Waals surface area contributed by atoms with Crippen LogP contribution in [0.1, 0.15) is 11.7 Å². The average molecular weight is 210 g/mol. The zero-order valence-electron chi connectivity index (χ0n) is 9.40. The average Bonchev–Trinajstić information content (AvgIpc) is 2.26. The third-order valence-electron chi connectivity index (χ3n) is 2.10. The highest BCUT2D eigenvalue weighted by atomic mass is 16.5. The predicted octanol–water partition coefficient (Wildman–Crippen LogP) is 0.795. The molecule has 0 fully saturated rings. The van der Waals surface area contributed by atoms with Crippen LogP contribution in [0.2, 0.25) is 0 Å². The van der Waals surface area contributed by atoms with Crippen LogP contribution in [0, 0.1) is 0 Å². The molecular weight excluding hydrogens is 192 g/mol. The lowest BCUT2D eigenvalue weighted by Crippen LogP contribution is -2.33. The van der Waals surface area contributed by atoms with Gasteiger partial charge in [0.1, 0.15) is 5.75 Å². The van der Waals surface area contributed by atoms with Crippen molar-refractivity contribution in [2.75, 3.05) is 27.7 Å². The lowest BCUT2D eigenvalue weighted by atomic mass is 10.1. The van der Waals surface area contributed by atoms with Gasteiger partial charge in [0.2, 0.25) is 0 Å². The number of methoxy groups -OCH3 is 1. The van der Waals surface area contributed by atoms with Crippen molar-refractivity contribution in [2.24, 2.45) is 0 Å². The first kappa shape index (κ1) is 12.0. The summed E-state index contributed by atoms with van der Waals surface area (Å²) < 4.78 is 5.04. The van der Waals surface area contributed by atoms with Gasteiger partial charge in [-0.05, 0) is 17.7 Å². The highest BCUT2D eigenvalue weighted by Gasteiger charge is 2.07. The molecule has 0 bridgehead atoms. The zero-order valence-corrected chi connectivity index (χ0v) is 9.40. The molecule has 1 aromatic carbocycles. The molecule has 0 aromatic heterocycles. The number of hydrazine groups is 1. The van der Waals surface area contributed by atoms with Crippen molar-refractivity contribution in [3.63, 3.8) is 0 Å². The molecule has 1 aromatic rings. The number of nitrogens with zero attached hydrogens (tertiary/aromatic N) is 1. The van der Waals surface area contributed by atoms with E-state index in [2.05, 4.69) is 5.43 Å². The first-order valence-electron chi connectivity index (χ1n) is 4.86. The predicted molar refractivity (Wildman–Crippen MR) is 59.6 cm³/mol. The normalized spacial score (nSPS) is 12.9. The highest BCUT2D eigenvalue weighted by Crippen LogP contribution is 2.16. The molecule has 0 heterocycles. The molecule has 0 aliphatic rings. The minimum atomic E-state index is -0.502. The molecule has 0 saturated carbocycles. The molecule has 84 valence electrons. The van der Waals surface area contributed by atoms with E-state index in [9.17, 15) is 5.11 Å². The second-order valence-electron chi connectivity index (χ2n) is 3.55. The van der Waals surface area contributed by atoms with Crippen LogP contribution in [-0.2, 0) is 0 Å². The molecule has 0 radical (unpaired) electrons. The van der Waals surface area contributed by atoms with E-state index >= 15 is 0 Å². The summed E-state index contributed by atoms with van der Waals surface area (Å²) in [5.41, 5.74) is 3.90. The summed E-state index contributed by atoms with van der Waals surface area (Å²) in [4.78, 5) is 0. The number of hydrogen-bond donors (Lipinski definition) is 2. The first-order chi connectivity index (χ1) is 7.13. The Bertz CT molecular complexity index is 285. The van der Waals surface area contributed by atoms with Gasteiger partial charge < -0.3 is 9.84 Å². The van der Waals surface area contributed by atoms with E-state index in [4.69, 9.17) is 4.74 Å². The summed E-state index contributed by atoms with van der Waals surface area (Å²) >= 11 is 0. The first-order valence-corrected chi connectivity index (χ1v) is 4.86. The van der Waals surface area contributed by atoms with E-state index in [1.807, 2.05) is 43.4 Å². The molecule has 15 heavy (non-hydrogen) atoms. The van der Waals surface area contributed by atoms with Crippen LogP contribution < -0.4 is 10.2 Å². The van der Waals surface area contributed by atoms with Crippen molar-refractivity contribution in [3.05, 3.63) is 29.8 Å². The van der Waals surface area contributed by atoms with Crippen molar-refractivity contribution in [1.82, 2.24) is 10.4 Å². The van der Waals surface area contributed by atoms with E-state index in [0.717, 1.165) is 11.3 Å². The summed E-state index contributed by atoms with van der Waals surface area (Å²) in [5.74, 6) is 0.798. The smallest absolute Gasteiger partial charge is 0.118 e. The largest absolute Gasteiger partial charge is 0.497 e. The Morgan fingerprint density at radius 3 is 2.40 bits per heavy atom. The summed E-state index contributed by atoms with van der Waals surface area (Å²) in [6, 6.07) is 7.41. The number of nitrogens with one attached hydrogen (secondary N) is 1. The molecule has 2 N–H and O–H groups in total. The standard InChI is InChI=1S/C11H18N2O2/c1-13(2)12-8-11(14)9-4-6-10(15-3)7-5-9/h4-7,11-12,14H,8H2,1-3H3. The minimum absolute atomic E-state index is 0.499. The maximum Gasteiger partial charge on any atom is 0.118 e. The number of ether oxygens (including phenoxy) is 1. The summed E-state index contributed by atoms with van der Waals surface area (Å²) in [6.45, 7) is 0.499. The topological polar surface area (TPSA) is 44.7 Å². The van der Waals surface area contributed by atoms with E-state index in [1.165, 1.54) is 0 Å². The fraction of sp³-hybridized carbons (Fsp3) is 0.455. The fourth-order valence-corrected chi connectivity index (χ4v) is 1.21. The van der Waals surface area contributed by atoms with E-state index in [-0.39, 0.29) is 0 Å². The number of rotatable bonds is 5. The van der Waals surface area contributed by atoms with Crippen molar-refractivity contribution in [1.29, 1.82) is 0 Å². The van der Waals surface area contributed by atoms with Gasteiger partial charge >= 0.3 is 0 Å². The molecule has 0 amide bonds. The lowest BCUT2D eigenvalue weighted by Gasteiger charge is -2.16. The maximum atomic E-state index is 9.80. The van der Waals surface area contributed by atoms with Crippen LogP contribution in [0.5, 0.6) is 5.75 Å². The van der Waals surface area contributed by atoms with E-state index in [0.29, 0.717) is 6.54 Å². The summed E-state index contributed by atoms with van der Waals surface area (Å²) in [7, 11) is 5.40. The quantitative estimate of drug-likeness (QED) is 0.705. The second kappa shape index (κ2) is 5.70. The molecule has 0 aliphatic carbocycles. The van der Waals surface area contributed by atoms with Crippen LogP contribution in [0.3, 0.4) is 0 Å². The third kappa shape index (κ3) is 3.87. The van der Waals surface area contributed by atoms with Gasteiger partial charge in [0.05, 0.1) is 13.2 Å². The number of hydrogen-bond acceptors (Lipinski definition) is 4. The Kier molecular flexibility index (Phi) is 4.55. The van der Waals surface area contributed by atoms with E-state index < -0.39 is 6.10 Å². The fourth-order valence-electron chi connectivity index (χ4n) is 1.21. The molecule has 0 aliphatic heterocycles. The summed E-state index contributed by atoms with van der Waals surface area (Å²) in [5, 5.41) is 11.6. The van der Waals surface area contributed by atoms with Crippen LogP contribution in [0.4, 0.5) is 0 Å². The maximum absolute atomic E-state index is 9.80. The molecular formula is C11H18N2O2. The Morgan fingerprint density at radius 2 is 1.93 bits per heavy atom. The highest BCUT2D eigenvalue weighted by molar-refractivity contribution is 5.28. The van der Waals surface area contributed by atoms with Crippen molar-refractivity contribution in [2.45, 2.75) is 6.10 Å². The Balaban J connectivity index is 2.54. The molecule has 0 saturated heterocycles. The number of benzene rings is 1. The van der Waals surface area contributed by atoms with Gasteiger partial charge in [-0.2, -0.15) is 0 Å². The van der Waals surface area contributed by atoms with Gasteiger partial charge in [-0.1, -0.05) is 12.1 Å². The molecule has 1 rings (SSSR count). The van der Waals surface area contributed by atoms with Gasteiger partial charge in [0.15, 0.2) is 0 Å². The second-order valence-corrected chi connectivity index (χ2v) is 3.55. The van der Waals surface area contributed by atoms with Crippen molar-refractivity contribution in [3.8, 4) is 5.75 Å². The molecule has 4 heteroatoms. The van der Waals surface area contributed by atoms with Gasteiger partial charge in [-0.15, -0.1) is 0 Å². The van der Waals surface area contributed by atoms with Gasteiger partial charge in [-0.25, -0.2) is 0 Å². The monoisotopic (exact) mass is 210 g/mol. The molecule has 4 nitrogen and oxygen atoms in total. The van der Waals surface area contributed by atoms with Crippen LogP contribution in [-0.4, -0.2) is 37.9 Å². The molecule has 1 atom stereocenters. The number of aliphatic hydroxyl groups excluding tert-OH is 1.